The van der Waals surface area contributed by atoms with Gasteiger partial charge in [0, 0.05) is 44.0 Å². The fraction of sp³-hybridized carbons (Fsp3) is 0.346. The molecule has 2 aromatic rings. The first-order chi connectivity index (χ1) is 17.0. The first-order valence-electron chi connectivity index (χ1n) is 11.7. The van der Waals surface area contributed by atoms with Crippen molar-refractivity contribution >= 4 is 17.9 Å². The molecule has 0 saturated carbocycles. The summed E-state index contributed by atoms with van der Waals surface area (Å²) < 4.78 is 10.6. The van der Waals surface area contributed by atoms with Crippen LogP contribution in [0, 0.1) is 0 Å². The molecule has 0 spiro atoms. The van der Waals surface area contributed by atoms with Crippen LogP contribution in [0.15, 0.2) is 65.9 Å². The Kier molecular flexibility index (Phi) is 7.67. The average Bonchev–Trinajstić information content (AvgIpc) is 2.89. The van der Waals surface area contributed by atoms with Gasteiger partial charge in [-0.25, -0.2) is 9.59 Å². The van der Waals surface area contributed by atoms with Crippen LogP contribution in [0.5, 0.6) is 5.75 Å². The zero-order chi connectivity index (χ0) is 24.8. The standard InChI is InChI=1S/C26H30N4O5/c1-3-35-25(32)22-21(27-26(33)28-23(22)18-9-11-20(34-2)12-10-18)17-29-13-15-30(16-14-29)24(31)19-7-5-4-6-8-19/h4-12,23H,3,13-17H2,1-2H3,(H2,27,28,33). The molecule has 2 aromatic carbocycles. The maximum Gasteiger partial charge on any atom is 0.338 e. The van der Waals surface area contributed by atoms with Crippen molar-refractivity contribution in [1.82, 2.24) is 20.4 Å². The number of hydrogen-bond acceptors (Lipinski definition) is 6. The molecule has 2 aliphatic heterocycles. The number of carbonyl (C=O) groups excluding carboxylic acids is 3. The smallest absolute Gasteiger partial charge is 0.338 e. The quantitative estimate of drug-likeness (QED) is 0.593. The number of carbonyl (C=O) groups is 3. The summed E-state index contributed by atoms with van der Waals surface area (Å²) in [5, 5.41) is 5.66. The molecule has 0 bridgehead atoms. The molecule has 2 aliphatic rings. The summed E-state index contributed by atoms with van der Waals surface area (Å²) in [5.74, 6) is 0.207. The van der Waals surface area contributed by atoms with Gasteiger partial charge < -0.3 is 25.0 Å². The highest BCUT2D eigenvalue weighted by Crippen LogP contribution is 2.29. The summed E-state index contributed by atoms with van der Waals surface area (Å²) in [6.07, 6.45) is 0. The van der Waals surface area contributed by atoms with Gasteiger partial charge in [-0.3, -0.25) is 9.69 Å². The molecule has 2 heterocycles. The SMILES string of the molecule is CCOC(=O)C1=C(CN2CCN(C(=O)c3ccccc3)CC2)NC(=O)NC1c1ccc(OC)cc1. The number of benzene rings is 2. The lowest BCUT2D eigenvalue weighted by molar-refractivity contribution is -0.139. The Balaban J connectivity index is 1.53. The van der Waals surface area contributed by atoms with E-state index in [1.54, 1.807) is 26.2 Å². The number of urea groups is 1. The van der Waals surface area contributed by atoms with E-state index in [1.165, 1.54) is 0 Å². The largest absolute Gasteiger partial charge is 0.497 e. The number of nitrogens with zero attached hydrogens (tertiary/aromatic N) is 2. The number of esters is 1. The van der Waals surface area contributed by atoms with Gasteiger partial charge in [0.1, 0.15) is 5.75 Å². The molecule has 4 rings (SSSR count). The highest BCUT2D eigenvalue weighted by Gasteiger charge is 2.35. The van der Waals surface area contributed by atoms with E-state index in [2.05, 4.69) is 15.5 Å². The minimum Gasteiger partial charge on any atom is -0.497 e. The van der Waals surface area contributed by atoms with Gasteiger partial charge in [0.05, 0.1) is 25.3 Å². The van der Waals surface area contributed by atoms with Gasteiger partial charge in [0.2, 0.25) is 0 Å². The van der Waals surface area contributed by atoms with Crippen molar-refractivity contribution in [3.8, 4) is 5.75 Å². The van der Waals surface area contributed by atoms with Crippen LogP contribution in [-0.2, 0) is 9.53 Å². The predicted octanol–water partition coefficient (Wildman–Crippen LogP) is 2.32. The van der Waals surface area contributed by atoms with Crippen LogP contribution >= 0.6 is 0 Å². The Morgan fingerprint density at radius 1 is 1.00 bits per heavy atom. The Hall–Kier alpha value is -3.85. The molecular weight excluding hydrogens is 448 g/mol. The van der Waals surface area contributed by atoms with Gasteiger partial charge in [0.25, 0.3) is 5.91 Å². The van der Waals surface area contributed by atoms with Crippen molar-refractivity contribution < 1.29 is 23.9 Å². The Bertz CT molecular complexity index is 1090. The van der Waals surface area contributed by atoms with Crippen molar-refractivity contribution in [2.45, 2.75) is 13.0 Å². The first-order valence-corrected chi connectivity index (χ1v) is 11.7. The zero-order valence-electron chi connectivity index (χ0n) is 20.0. The lowest BCUT2D eigenvalue weighted by atomic mass is 9.94. The van der Waals surface area contributed by atoms with E-state index in [9.17, 15) is 14.4 Å². The third-order valence-electron chi connectivity index (χ3n) is 6.16. The molecular formula is C26H30N4O5. The van der Waals surface area contributed by atoms with Crippen LogP contribution in [0.25, 0.3) is 0 Å². The van der Waals surface area contributed by atoms with Gasteiger partial charge >= 0.3 is 12.0 Å². The molecule has 9 nitrogen and oxygen atoms in total. The average molecular weight is 479 g/mol. The van der Waals surface area contributed by atoms with E-state index in [0.29, 0.717) is 55.3 Å². The Morgan fingerprint density at radius 3 is 2.31 bits per heavy atom. The number of rotatable bonds is 7. The van der Waals surface area contributed by atoms with Gasteiger partial charge in [-0.15, -0.1) is 0 Å². The molecule has 9 heteroatoms. The predicted molar refractivity (Wildman–Crippen MR) is 130 cm³/mol. The molecule has 1 unspecified atom stereocenters. The van der Waals surface area contributed by atoms with Crippen molar-refractivity contribution in [3.05, 3.63) is 77.0 Å². The summed E-state index contributed by atoms with van der Waals surface area (Å²) in [6.45, 7) is 4.69. The molecule has 35 heavy (non-hydrogen) atoms. The van der Waals surface area contributed by atoms with Crippen molar-refractivity contribution in [1.29, 1.82) is 0 Å². The molecule has 1 saturated heterocycles. The monoisotopic (exact) mass is 478 g/mol. The van der Waals surface area contributed by atoms with Gasteiger partial charge in [-0.2, -0.15) is 0 Å². The zero-order valence-corrected chi connectivity index (χ0v) is 20.0. The first kappa shape index (κ1) is 24.3. The number of ether oxygens (including phenoxy) is 2. The number of amides is 3. The molecule has 2 N–H and O–H groups in total. The fourth-order valence-corrected chi connectivity index (χ4v) is 4.33. The highest BCUT2D eigenvalue weighted by atomic mass is 16.5. The molecule has 1 fully saturated rings. The summed E-state index contributed by atoms with van der Waals surface area (Å²) in [7, 11) is 1.58. The van der Waals surface area contributed by atoms with Crippen LogP contribution < -0.4 is 15.4 Å². The molecule has 0 radical (unpaired) electrons. The van der Waals surface area contributed by atoms with Crippen molar-refractivity contribution in [3.63, 3.8) is 0 Å². The Morgan fingerprint density at radius 2 is 1.69 bits per heavy atom. The maximum atomic E-state index is 13.0. The number of hydrogen-bond donors (Lipinski definition) is 2. The highest BCUT2D eigenvalue weighted by molar-refractivity contribution is 5.95. The lowest BCUT2D eigenvalue weighted by Crippen LogP contribution is -2.52. The molecule has 3 amide bonds. The van der Waals surface area contributed by atoms with E-state index >= 15 is 0 Å². The number of methoxy groups -OCH3 is 1. The molecule has 0 aromatic heterocycles. The van der Waals surface area contributed by atoms with E-state index in [0.717, 1.165) is 5.56 Å². The van der Waals surface area contributed by atoms with Crippen LogP contribution in [0.1, 0.15) is 28.9 Å². The Labute approximate surface area is 204 Å². The van der Waals surface area contributed by atoms with E-state index in [1.807, 2.05) is 47.4 Å². The second kappa shape index (κ2) is 11.1. The van der Waals surface area contributed by atoms with Crippen molar-refractivity contribution in [2.75, 3.05) is 46.4 Å². The van der Waals surface area contributed by atoms with Crippen LogP contribution in [0.4, 0.5) is 4.79 Å². The second-order valence-corrected chi connectivity index (χ2v) is 8.35. The third-order valence-corrected chi connectivity index (χ3v) is 6.16. The summed E-state index contributed by atoms with van der Waals surface area (Å²) in [4.78, 5) is 42.2. The fourth-order valence-electron chi connectivity index (χ4n) is 4.33. The topological polar surface area (TPSA) is 100 Å². The van der Waals surface area contributed by atoms with E-state index in [4.69, 9.17) is 9.47 Å². The summed E-state index contributed by atoms with van der Waals surface area (Å²) in [6, 6.07) is 15.4. The van der Waals surface area contributed by atoms with Crippen LogP contribution in [0.2, 0.25) is 0 Å². The van der Waals surface area contributed by atoms with Gasteiger partial charge in [0.15, 0.2) is 0 Å². The van der Waals surface area contributed by atoms with E-state index in [-0.39, 0.29) is 18.5 Å². The molecule has 1 atom stereocenters. The normalized spacial score (nSPS) is 18.5. The number of piperazine rings is 1. The maximum absolute atomic E-state index is 13.0. The van der Waals surface area contributed by atoms with Crippen molar-refractivity contribution in [2.24, 2.45) is 0 Å². The van der Waals surface area contributed by atoms with Gasteiger partial charge in [-0.1, -0.05) is 30.3 Å². The number of nitrogens with one attached hydrogen (secondary N) is 2. The third kappa shape index (κ3) is 5.63. The lowest BCUT2D eigenvalue weighted by Gasteiger charge is -2.37. The summed E-state index contributed by atoms with van der Waals surface area (Å²) in [5.41, 5.74) is 2.30. The minimum atomic E-state index is -0.648. The van der Waals surface area contributed by atoms with Gasteiger partial charge in [-0.05, 0) is 36.8 Å². The van der Waals surface area contributed by atoms with E-state index < -0.39 is 12.0 Å². The second-order valence-electron chi connectivity index (χ2n) is 8.35. The minimum absolute atomic E-state index is 0.00594. The van der Waals surface area contributed by atoms with Crippen LogP contribution in [-0.4, -0.2) is 74.1 Å². The molecule has 184 valence electrons. The molecule has 0 aliphatic carbocycles. The van der Waals surface area contributed by atoms with Crippen LogP contribution in [0.3, 0.4) is 0 Å². The summed E-state index contributed by atoms with van der Waals surface area (Å²) >= 11 is 0.